The molecule has 28 heavy (non-hydrogen) atoms. The molecule has 6 nitrogen and oxygen atoms in total. The molecule has 0 unspecified atom stereocenters. The number of hydrogen-bond donors (Lipinski definition) is 0. The molecule has 0 N–H and O–H groups in total. The van der Waals surface area contributed by atoms with Crippen LogP contribution in [0.3, 0.4) is 0 Å². The number of carbonyl (C=O) groups is 1. The molecule has 3 heterocycles. The highest BCUT2D eigenvalue weighted by Gasteiger charge is 2.28. The lowest BCUT2D eigenvalue weighted by atomic mass is 9.95. The van der Waals surface area contributed by atoms with E-state index in [0.29, 0.717) is 19.0 Å². The van der Waals surface area contributed by atoms with Gasteiger partial charge >= 0.3 is 0 Å². The highest BCUT2D eigenvalue weighted by Crippen LogP contribution is 2.29. The van der Waals surface area contributed by atoms with Gasteiger partial charge in [-0.2, -0.15) is 4.98 Å². The van der Waals surface area contributed by atoms with Crippen LogP contribution in [-0.4, -0.2) is 39.0 Å². The zero-order valence-electron chi connectivity index (χ0n) is 16.9. The minimum absolute atomic E-state index is 0.0792. The first-order valence-electron chi connectivity index (χ1n) is 9.93. The molecule has 2 aromatic heterocycles. The highest BCUT2D eigenvalue weighted by molar-refractivity contribution is 6.06. The molecule has 1 aliphatic heterocycles. The van der Waals surface area contributed by atoms with Gasteiger partial charge in [-0.1, -0.05) is 30.6 Å². The molecule has 0 spiro atoms. The largest absolute Gasteiger partial charge is 0.339 e. The Hall–Kier alpha value is -2.76. The second kappa shape index (κ2) is 7.34. The standard InChI is InChI=1S/C22H26N4O2/c1-13(2)21-24-20(25-28-21)16-7-9-26(10-8-16)22(27)18-12-15(4)23-19-6-5-14(3)11-17(18)19/h5-6,11-13,16H,7-10H2,1-4H3. The van der Waals surface area contributed by atoms with E-state index in [0.717, 1.165) is 46.4 Å². The normalized spacial score (nSPS) is 15.5. The van der Waals surface area contributed by atoms with Gasteiger partial charge in [-0.15, -0.1) is 0 Å². The van der Waals surface area contributed by atoms with Crippen molar-refractivity contribution in [1.82, 2.24) is 20.0 Å². The lowest BCUT2D eigenvalue weighted by Crippen LogP contribution is -2.38. The van der Waals surface area contributed by atoms with Gasteiger partial charge in [0, 0.05) is 36.0 Å². The van der Waals surface area contributed by atoms with Gasteiger partial charge in [0.05, 0.1) is 11.1 Å². The van der Waals surface area contributed by atoms with Crippen LogP contribution in [0.25, 0.3) is 10.9 Å². The van der Waals surface area contributed by atoms with Gasteiger partial charge in [-0.3, -0.25) is 9.78 Å². The highest BCUT2D eigenvalue weighted by atomic mass is 16.5. The van der Waals surface area contributed by atoms with E-state index in [9.17, 15) is 4.79 Å². The van der Waals surface area contributed by atoms with E-state index < -0.39 is 0 Å². The third kappa shape index (κ3) is 3.51. The molecule has 1 aliphatic rings. The first-order valence-corrected chi connectivity index (χ1v) is 9.93. The number of pyridine rings is 1. The number of aromatic nitrogens is 3. The fourth-order valence-corrected chi connectivity index (χ4v) is 3.81. The predicted octanol–water partition coefficient (Wildman–Crippen LogP) is 4.38. The third-order valence-electron chi connectivity index (χ3n) is 5.42. The summed E-state index contributed by atoms with van der Waals surface area (Å²) in [7, 11) is 0. The molecule has 1 amide bonds. The van der Waals surface area contributed by atoms with Gasteiger partial charge in [0.15, 0.2) is 5.82 Å². The van der Waals surface area contributed by atoms with Gasteiger partial charge in [-0.05, 0) is 44.9 Å². The Balaban J connectivity index is 1.53. The van der Waals surface area contributed by atoms with Gasteiger partial charge in [0.25, 0.3) is 5.91 Å². The number of amides is 1. The summed E-state index contributed by atoms with van der Waals surface area (Å²) >= 11 is 0. The molecule has 0 radical (unpaired) electrons. The number of nitrogens with zero attached hydrogens (tertiary/aromatic N) is 4. The lowest BCUT2D eigenvalue weighted by molar-refractivity contribution is 0.0712. The minimum Gasteiger partial charge on any atom is -0.339 e. The quantitative estimate of drug-likeness (QED) is 0.676. The lowest BCUT2D eigenvalue weighted by Gasteiger charge is -2.31. The Labute approximate surface area is 165 Å². The van der Waals surface area contributed by atoms with Crippen molar-refractivity contribution in [3.05, 3.63) is 52.8 Å². The van der Waals surface area contributed by atoms with Crippen LogP contribution in [0.2, 0.25) is 0 Å². The van der Waals surface area contributed by atoms with Gasteiger partial charge in [0.1, 0.15) is 0 Å². The summed E-state index contributed by atoms with van der Waals surface area (Å²) in [5.74, 6) is 2.02. The Bertz CT molecular complexity index is 1020. The van der Waals surface area contributed by atoms with E-state index in [-0.39, 0.29) is 17.7 Å². The maximum Gasteiger partial charge on any atom is 0.254 e. The first-order chi connectivity index (χ1) is 13.4. The van der Waals surface area contributed by atoms with Crippen molar-refractivity contribution in [1.29, 1.82) is 0 Å². The summed E-state index contributed by atoms with van der Waals surface area (Å²) < 4.78 is 5.35. The van der Waals surface area contributed by atoms with Gasteiger partial charge in [-0.25, -0.2) is 0 Å². The molecule has 3 aromatic rings. The fraction of sp³-hybridized carbons (Fsp3) is 0.455. The predicted molar refractivity (Wildman–Crippen MR) is 107 cm³/mol. The van der Waals surface area contributed by atoms with Crippen LogP contribution >= 0.6 is 0 Å². The zero-order valence-corrected chi connectivity index (χ0v) is 16.9. The minimum atomic E-state index is 0.0792. The van der Waals surface area contributed by atoms with Crippen LogP contribution in [0.5, 0.6) is 0 Å². The second-order valence-electron chi connectivity index (χ2n) is 8.04. The molecule has 1 aromatic carbocycles. The van der Waals surface area contributed by atoms with Crippen molar-refractivity contribution in [2.24, 2.45) is 0 Å². The Morgan fingerprint density at radius 3 is 2.57 bits per heavy atom. The Morgan fingerprint density at radius 1 is 1.14 bits per heavy atom. The van der Waals surface area contributed by atoms with Crippen LogP contribution in [0, 0.1) is 13.8 Å². The Morgan fingerprint density at radius 2 is 1.89 bits per heavy atom. The second-order valence-corrected chi connectivity index (χ2v) is 8.04. The number of fused-ring (bicyclic) bond motifs is 1. The third-order valence-corrected chi connectivity index (χ3v) is 5.42. The van der Waals surface area contributed by atoms with E-state index in [1.54, 1.807) is 0 Å². The van der Waals surface area contributed by atoms with Crippen molar-refractivity contribution < 1.29 is 9.32 Å². The summed E-state index contributed by atoms with van der Waals surface area (Å²) in [6.45, 7) is 9.45. The average molecular weight is 378 g/mol. The molecule has 0 aliphatic carbocycles. The first kappa shape index (κ1) is 18.6. The van der Waals surface area contributed by atoms with E-state index in [4.69, 9.17) is 4.52 Å². The van der Waals surface area contributed by atoms with E-state index in [2.05, 4.69) is 21.2 Å². The zero-order chi connectivity index (χ0) is 19.8. The number of aryl methyl sites for hydroxylation is 2. The van der Waals surface area contributed by atoms with Crippen LogP contribution < -0.4 is 0 Å². The molecule has 1 fully saturated rings. The summed E-state index contributed by atoms with van der Waals surface area (Å²) in [5.41, 5.74) is 3.61. The maximum atomic E-state index is 13.3. The van der Waals surface area contributed by atoms with Crippen LogP contribution in [-0.2, 0) is 0 Å². The van der Waals surface area contributed by atoms with E-state index in [1.807, 2.05) is 50.8 Å². The van der Waals surface area contributed by atoms with Crippen molar-refractivity contribution in [2.75, 3.05) is 13.1 Å². The number of carbonyl (C=O) groups excluding carboxylic acids is 1. The number of hydrogen-bond acceptors (Lipinski definition) is 5. The van der Waals surface area contributed by atoms with Crippen molar-refractivity contribution in [3.63, 3.8) is 0 Å². The van der Waals surface area contributed by atoms with E-state index >= 15 is 0 Å². The molecule has 0 atom stereocenters. The molecule has 6 heteroatoms. The van der Waals surface area contributed by atoms with Crippen molar-refractivity contribution in [3.8, 4) is 0 Å². The summed E-state index contributed by atoms with van der Waals surface area (Å²) in [6, 6.07) is 7.98. The van der Waals surface area contributed by atoms with Crippen LogP contribution in [0.15, 0.2) is 28.8 Å². The van der Waals surface area contributed by atoms with Gasteiger partial charge in [0.2, 0.25) is 5.89 Å². The van der Waals surface area contributed by atoms with Gasteiger partial charge < -0.3 is 9.42 Å². The van der Waals surface area contributed by atoms with E-state index in [1.165, 1.54) is 0 Å². The topological polar surface area (TPSA) is 72.1 Å². The van der Waals surface area contributed by atoms with Crippen LogP contribution in [0.1, 0.15) is 71.9 Å². The monoisotopic (exact) mass is 378 g/mol. The molecule has 0 bridgehead atoms. The number of benzene rings is 1. The van der Waals surface area contributed by atoms with Crippen LogP contribution in [0.4, 0.5) is 0 Å². The molecule has 1 saturated heterocycles. The van der Waals surface area contributed by atoms with Crippen molar-refractivity contribution >= 4 is 16.8 Å². The summed E-state index contributed by atoms with van der Waals surface area (Å²) in [6.07, 6.45) is 1.70. The summed E-state index contributed by atoms with van der Waals surface area (Å²) in [4.78, 5) is 24.3. The molecule has 4 rings (SSSR count). The molecule has 146 valence electrons. The fourth-order valence-electron chi connectivity index (χ4n) is 3.81. The molecular formula is C22H26N4O2. The smallest absolute Gasteiger partial charge is 0.254 e. The maximum absolute atomic E-state index is 13.3. The molecule has 0 saturated carbocycles. The molecular weight excluding hydrogens is 352 g/mol. The number of piperidine rings is 1. The Kier molecular flexibility index (Phi) is 4.87. The van der Waals surface area contributed by atoms with Crippen molar-refractivity contribution in [2.45, 2.75) is 52.4 Å². The SMILES string of the molecule is Cc1ccc2nc(C)cc(C(=O)N3CCC(c4noc(C(C)C)n4)CC3)c2c1. The number of rotatable bonds is 3. The summed E-state index contributed by atoms with van der Waals surface area (Å²) in [5, 5.41) is 5.08. The average Bonchev–Trinajstić information content (AvgIpc) is 3.18. The number of likely N-dealkylation sites (tertiary alicyclic amines) is 1.